The van der Waals surface area contributed by atoms with Crippen LogP contribution in [-0.4, -0.2) is 11.1 Å². The predicted octanol–water partition coefficient (Wildman–Crippen LogP) is 4.95. The summed E-state index contributed by atoms with van der Waals surface area (Å²) in [7, 11) is 0. The lowest BCUT2D eigenvalue weighted by Crippen LogP contribution is -2.21. The lowest BCUT2D eigenvalue weighted by Gasteiger charge is -2.30. The molecule has 2 atom stereocenters. The van der Waals surface area contributed by atoms with Crippen molar-refractivity contribution < 1.29 is 9.53 Å². The fourth-order valence-corrected chi connectivity index (χ4v) is 3.15. The molecule has 0 bridgehead atoms. The summed E-state index contributed by atoms with van der Waals surface area (Å²) in [4.78, 5) is 11.9. The fourth-order valence-electron chi connectivity index (χ4n) is 2.81. The molecule has 2 nitrogen and oxygen atoms in total. The van der Waals surface area contributed by atoms with Crippen molar-refractivity contribution in [1.82, 2.24) is 0 Å². The molecule has 0 radical (unpaired) electrons. The Balaban J connectivity index is 2.22. The number of fused-ring (bicyclic) bond motifs is 1. The van der Waals surface area contributed by atoms with Gasteiger partial charge < -0.3 is 9.53 Å². The van der Waals surface area contributed by atoms with E-state index in [0.717, 1.165) is 40.9 Å². The molecule has 2 unspecified atom stereocenters. The minimum atomic E-state index is -0.297. The molecule has 0 saturated heterocycles. The van der Waals surface area contributed by atoms with Crippen LogP contribution >= 0.6 is 15.9 Å². The standard InChI is InChI=1S/C19H17BrO2/c1-2-16(20)19-18(13-8-4-3-5-9-13)15(12-21)14-10-6-7-11-17(14)22-19/h3-12,15-16H,2H2,1H3. The lowest BCUT2D eigenvalue weighted by molar-refractivity contribution is -0.108. The van der Waals surface area contributed by atoms with Gasteiger partial charge in [0.25, 0.3) is 0 Å². The second-order valence-electron chi connectivity index (χ2n) is 5.27. The monoisotopic (exact) mass is 356 g/mol. The summed E-state index contributed by atoms with van der Waals surface area (Å²) in [5.41, 5.74) is 2.91. The zero-order valence-electron chi connectivity index (χ0n) is 12.3. The highest BCUT2D eigenvalue weighted by atomic mass is 79.9. The van der Waals surface area contributed by atoms with E-state index >= 15 is 0 Å². The van der Waals surface area contributed by atoms with E-state index in [0.29, 0.717) is 0 Å². The molecule has 2 aromatic carbocycles. The van der Waals surface area contributed by atoms with E-state index in [1.807, 2.05) is 54.6 Å². The summed E-state index contributed by atoms with van der Waals surface area (Å²) in [5.74, 6) is 1.31. The molecule has 22 heavy (non-hydrogen) atoms. The average molecular weight is 357 g/mol. The second kappa shape index (κ2) is 6.49. The SMILES string of the molecule is CCC(Br)C1=C(c2ccccc2)C(C=O)c2ccccc2O1. The van der Waals surface area contributed by atoms with Gasteiger partial charge >= 0.3 is 0 Å². The Morgan fingerprint density at radius 3 is 2.50 bits per heavy atom. The summed E-state index contributed by atoms with van der Waals surface area (Å²) in [5, 5.41) is 0. The Hall–Kier alpha value is -1.87. The van der Waals surface area contributed by atoms with Crippen LogP contribution in [0.4, 0.5) is 0 Å². The van der Waals surface area contributed by atoms with E-state index < -0.39 is 0 Å². The highest BCUT2D eigenvalue weighted by molar-refractivity contribution is 9.09. The quantitative estimate of drug-likeness (QED) is 0.572. The van der Waals surface area contributed by atoms with Crippen LogP contribution in [0.5, 0.6) is 5.75 Å². The van der Waals surface area contributed by atoms with Gasteiger partial charge in [0.2, 0.25) is 0 Å². The Morgan fingerprint density at radius 2 is 1.82 bits per heavy atom. The first-order valence-corrected chi connectivity index (χ1v) is 8.33. The summed E-state index contributed by atoms with van der Waals surface area (Å²) in [6, 6.07) is 17.7. The van der Waals surface area contributed by atoms with E-state index in [4.69, 9.17) is 4.74 Å². The molecule has 3 heteroatoms. The molecule has 3 rings (SSSR count). The van der Waals surface area contributed by atoms with E-state index in [1.165, 1.54) is 0 Å². The molecule has 0 fully saturated rings. The third-order valence-electron chi connectivity index (χ3n) is 3.91. The largest absolute Gasteiger partial charge is 0.460 e. The van der Waals surface area contributed by atoms with Crippen molar-refractivity contribution in [2.24, 2.45) is 0 Å². The Kier molecular flexibility index (Phi) is 4.44. The van der Waals surface area contributed by atoms with E-state index in [-0.39, 0.29) is 10.7 Å². The highest BCUT2D eigenvalue weighted by Crippen LogP contribution is 2.44. The van der Waals surface area contributed by atoms with Crippen molar-refractivity contribution in [3.63, 3.8) is 0 Å². The molecular formula is C19H17BrO2. The number of carbonyl (C=O) groups excluding carboxylic acids is 1. The first kappa shape index (κ1) is 15.0. The number of allylic oxidation sites excluding steroid dienone is 2. The molecule has 2 aromatic rings. The number of benzene rings is 2. The first-order valence-electron chi connectivity index (χ1n) is 7.41. The number of hydrogen-bond acceptors (Lipinski definition) is 2. The molecule has 112 valence electrons. The Bertz CT molecular complexity index is 706. The topological polar surface area (TPSA) is 26.3 Å². The van der Waals surface area contributed by atoms with Gasteiger partial charge in [0.05, 0.1) is 10.7 Å². The lowest BCUT2D eigenvalue weighted by atomic mass is 9.84. The molecular weight excluding hydrogens is 340 g/mol. The molecule has 0 aromatic heterocycles. The molecule has 0 amide bonds. The van der Waals surface area contributed by atoms with Crippen molar-refractivity contribution in [2.45, 2.75) is 24.1 Å². The fraction of sp³-hybridized carbons (Fsp3) is 0.211. The number of aldehydes is 1. The molecule has 0 aliphatic carbocycles. The normalized spacial score (nSPS) is 18.4. The molecule has 1 aliphatic rings. The van der Waals surface area contributed by atoms with Crippen LogP contribution in [0, 0.1) is 0 Å². The van der Waals surface area contributed by atoms with Gasteiger partial charge in [-0.1, -0.05) is 71.4 Å². The summed E-state index contributed by atoms with van der Waals surface area (Å²) in [6.45, 7) is 2.09. The van der Waals surface area contributed by atoms with E-state index in [9.17, 15) is 4.79 Å². The number of para-hydroxylation sites is 1. The van der Waals surface area contributed by atoms with Crippen molar-refractivity contribution in [2.75, 3.05) is 0 Å². The third-order valence-corrected chi connectivity index (χ3v) is 4.98. The minimum Gasteiger partial charge on any atom is -0.460 e. The van der Waals surface area contributed by atoms with Gasteiger partial charge in [0.15, 0.2) is 0 Å². The maximum Gasteiger partial charge on any atom is 0.132 e. The van der Waals surface area contributed by atoms with Crippen molar-refractivity contribution >= 4 is 27.8 Å². The average Bonchev–Trinajstić information content (AvgIpc) is 2.60. The van der Waals surface area contributed by atoms with Crippen molar-refractivity contribution in [3.05, 3.63) is 71.5 Å². The molecule has 0 saturated carbocycles. The van der Waals surface area contributed by atoms with Gasteiger partial charge in [-0.25, -0.2) is 0 Å². The maximum absolute atomic E-state index is 11.9. The van der Waals surface area contributed by atoms with E-state index in [2.05, 4.69) is 22.9 Å². The molecule has 0 N–H and O–H groups in total. The smallest absolute Gasteiger partial charge is 0.132 e. The Morgan fingerprint density at radius 1 is 1.14 bits per heavy atom. The molecule has 0 spiro atoms. The van der Waals surface area contributed by atoms with Gasteiger partial charge in [-0.2, -0.15) is 0 Å². The zero-order valence-corrected chi connectivity index (χ0v) is 13.9. The van der Waals surface area contributed by atoms with Crippen LogP contribution in [0.25, 0.3) is 5.57 Å². The second-order valence-corrected chi connectivity index (χ2v) is 6.38. The van der Waals surface area contributed by atoms with Crippen LogP contribution in [0.15, 0.2) is 60.4 Å². The molecule has 1 aliphatic heterocycles. The number of hydrogen-bond donors (Lipinski definition) is 0. The zero-order chi connectivity index (χ0) is 15.5. The van der Waals surface area contributed by atoms with Crippen LogP contribution in [0.1, 0.15) is 30.4 Å². The maximum atomic E-state index is 11.9. The Labute approximate surface area is 138 Å². The van der Waals surface area contributed by atoms with Gasteiger partial charge in [-0.05, 0) is 18.1 Å². The van der Waals surface area contributed by atoms with Gasteiger partial charge in [-0.15, -0.1) is 0 Å². The van der Waals surface area contributed by atoms with Gasteiger partial charge in [0.1, 0.15) is 17.8 Å². The molecule has 1 heterocycles. The van der Waals surface area contributed by atoms with Crippen molar-refractivity contribution in [3.8, 4) is 5.75 Å². The predicted molar refractivity (Wildman–Crippen MR) is 92.2 cm³/mol. The summed E-state index contributed by atoms with van der Waals surface area (Å²) >= 11 is 3.69. The number of alkyl halides is 1. The number of halogens is 1. The van der Waals surface area contributed by atoms with E-state index in [1.54, 1.807) is 0 Å². The first-order chi connectivity index (χ1) is 10.8. The van der Waals surface area contributed by atoms with Gasteiger partial charge in [0, 0.05) is 11.1 Å². The number of carbonyl (C=O) groups is 1. The third kappa shape index (κ3) is 2.61. The number of rotatable bonds is 4. The van der Waals surface area contributed by atoms with Gasteiger partial charge in [-0.3, -0.25) is 0 Å². The minimum absolute atomic E-state index is 0.0820. The van der Waals surface area contributed by atoms with Crippen LogP contribution in [0.3, 0.4) is 0 Å². The highest BCUT2D eigenvalue weighted by Gasteiger charge is 2.32. The van der Waals surface area contributed by atoms with Crippen LogP contribution in [-0.2, 0) is 4.79 Å². The summed E-state index contributed by atoms with van der Waals surface area (Å²) in [6.07, 6.45) is 1.90. The van der Waals surface area contributed by atoms with Crippen LogP contribution < -0.4 is 4.74 Å². The summed E-state index contributed by atoms with van der Waals surface area (Å²) < 4.78 is 6.16. The number of ether oxygens (including phenoxy) is 1. The van der Waals surface area contributed by atoms with Crippen molar-refractivity contribution in [1.29, 1.82) is 0 Å². The van der Waals surface area contributed by atoms with Crippen LogP contribution in [0.2, 0.25) is 0 Å².